The van der Waals surface area contributed by atoms with Gasteiger partial charge in [0, 0.05) is 24.2 Å². The summed E-state index contributed by atoms with van der Waals surface area (Å²) in [7, 11) is 0. The number of piperidine rings is 1. The summed E-state index contributed by atoms with van der Waals surface area (Å²) in [6, 6.07) is 7.77. The number of nitrogens with zero attached hydrogens (tertiary/aromatic N) is 2. The number of fused-ring (bicyclic) bond motifs is 3. The summed E-state index contributed by atoms with van der Waals surface area (Å²) >= 11 is 0. The Morgan fingerprint density at radius 1 is 1.25 bits per heavy atom. The molecule has 6 nitrogen and oxygen atoms in total. The van der Waals surface area contributed by atoms with Crippen LogP contribution in [0.5, 0.6) is 5.75 Å². The Balaban J connectivity index is 1.42. The topological polar surface area (TPSA) is 70.2 Å². The van der Waals surface area contributed by atoms with E-state index in [9.17, 15) is 4.79 Å². The number of rotatable bonds is 4. The molecule has 2 N–H and O–H groups in total. The van der Waals surface area contributed by atoms with E-state index < -0.39 is 0 Å². The van der Waals surface area contributed by atoms with Crippen molar-refractivity contribution >= 4 is 5.91 Å². The third kappa shape index (κ3) is 2.89. The highest BCUT2D eigenvalue weighted by molar-refractivity contribution is 5.96. The smallest absolute Gasteiger partial charge is 0.269 e. The summed E-state index contributed by atoms with van der Waals surface area (Å²) in [5.74, 6) is 0.706. The highest BCUT2D eigenvalue weighted by atomic mass is 16.5. The number of amides is 1. The van der Waals surface area contributed by atoms with Gasteiger partial charge in [0.1, 0.15) is 23.7 Å². The summed E-state index contributed by atoms with van der Waals surface area (Å²) in [4.78, 5) is 14.9. The highest BCUT2D eigenvalue weighted by Crippen LogP contribution is 2.36. The fraction of sp³-hybridized carbons (Fsp3) is 0.444. The number of ether oxygens (including phenoxy) is 1. The maximum absolute atomic E-state index is 12.5. The molecule has 6 heteroatoms. The molecule has 1 aromatic carbocycles. The average Bonchev–Trinajstić information content (AvgIpc) is 3.07. The molecule has 0 bridgehead atoms. The second kappa shape index (κ2) is 6.65. The van der Waals surface area contributed by atoms with Crippen LogP contribution in [0.1, 0.15) is 35.3 Å². The van der Waals surface area contributed by atoms with E-state index >= 15 is 0 Å². The molecular formula is C18H22N4O2. The number of carbonyl (C=O) groups is 1. The van der Waals surface area contributed by atoms with Gasteiger partial charge in [-0.15, -0.1) is 0 Å². The number of likely N-dealkylation sites (tertiary alicyclic amines) is 1. The number of carbonyl (C=O) groups excluding carboxylic acids is 1. The van der Waals surface area contributed by atoms with Crippen LogP contribution in [-0.4, -0.2) is 47.2 Å². The Morgan fingerprint density at radius 3 is 2.96 bits per heavy atom. The third-order valence-electron chi connectivity index (χ3n) is 4.77. The van der Waals surface area contributed by atoms with Gasteiger partial charge in [-0.05, 0) is 38.1 Å². The molecule has 4 rings (SSSR count). The number of hydrogen-bond donors (Lipinski definition) is 2. The first-order chi connectivity index (χ1) is 11.8. The third-order valence-corrected chi connectivity index (χ3v) is 4.77. The molecule has 0 unspecified atom stereocenters. The van der Waals surface area contributed by atoms with Crippen molar-refractivity contribution in [1.82, 2.24) is 20.4 Å². The van der Waals surface area contributed by atoms with E-state index in [1.807, 2.05) is 24.3 Å². The van der Waals surface area contributed by atoms with Gasteiger partial charge in [-0.1, -0.05) is 18.6 Å². The normalized spacial score (nSPS) is 16.8. The molecule has 126 valence electrons. The number of para-hydroxylation sites is 1. The molecule has 1 aromatic heterocycles. The molecule has 0 radical (unpaired) electrons. The quantitative estimate of drug-likeness (QED) is 0.903. The van der Waals surface area contributed by atoms with E-state index in [1.165, 1.54) is 19.3 Å². The molecule has 0 saturated carbocycles. The highest BCUT2D eigenvalue weighted by Gasteiger charge is 2.26. The predicted molar refractivity (Wildman–Crippen MR) is 91.0 cm³/mol. The number of nitrogens with one attached hydrogen (secondary N) is 2. The summed E-state index contributed by atoms with van der Waals surface area (Å²) in [5.41, 5.74) is 3.10. The standard InChI is InChI=1S/C18H22N4O2/c23-18(19-8-11-22-9-4-1-5-10-22)17-14-12-24-15-7-3-2-6-13(15)16(14)20-21-17/h2-3,6-7H,1,4-5,8-12H2,(H,19,23)(H,20,21). The van der Waals surface area contributed by atoms with E-state index in [-0.39, 0.29) is 5.91 Å². The average molecular weight is 326 g/mol. The second-order valence-electron chi connectivity index (χ2n) is 6.37. The molecule has 0 spiro atoms. The van der Waals surface area contributed by atoms with Gasteiger partial charge in [0.15, 0.2) is 0 Å². The molecule has 2 aliphatic heterocycles. The minimum Gasteiger partial charge on any atom is -0.488 e. The second-order valence-corrected chi connectivity index (χ2v) is 6.37. The van der Waals surface area contributed by atoms with Crippen molar-refractivity contribution in [2.75, 3.05) is 26.2 Å². The Morgan fingerprint density at radius 2 is 2.08 bits per heavy atom. The lowest BCUT2D eigenvalue weighted by Crippen LogP contribution is -2.38. The summed E-state index contributed by atoms with van der Waals surface area (Å²) < 4.78 is 5.75. The van der Waals surface area contributed by atoms with Gasteiger partial charge in [-0.3, -0.25) is 9.89 Å². The monoisotopic (exact) mass is 326 g/mol. The van der Waals surface area contributed by atoms with Gasteiger partial charge in [0.2, 0.25) is 0 Å². The van der Waals surface area contributed by atoms with Crippen LogP contribution >= 0.6 is 0 Å². The zero-order chi connectivity index (χ0) is 16.4. The summed E-state index contributed by atoms with van der Waals surface area (Å²) in [5, 5.41) is 10.2. The zero-order valence-electron chi connectivity index (χ0n) is 13.7. The first-order valence-electron chi connectivity index (χ1n) is 8.63. The fourth-order valence-corrected chi connectivity index (χ4v) is 3.45. The number of H-pyrrole nitrogens is 1. The minimum absolute atomic E-state index is 0.108. The van der Waals surface area contributed by atoms with Gasteiger partial charge < -0.3 is 15.0 Å². The van der Waals surface area contributed by atoms with E-state index in [0.29, 0.717) is 18.8 Å². The van der Waals surface area contributed by atoms with Crippen molar-refractivity contribution < 1.29 is 9.53 Å². The molecule has 1 fully saturated rings. The molecule has 24 heavy (non-hydrogen) atoms. The Hall–Kier alpha value is -2.34. The van der Waals surface area contributed by atoms with Crippen molar-refractivity contribution in [2.24, 2.45) is 0 Å². The Kier molecular flexibility index (Phi) is 4.21. The van der Waals surface area contributed by atoms with Crippen molar-refractivity contribution in [2.45, 2.75) is 25.9 Å². The van der Waals surface area contributed by atoms with Crippen LogP contribution in [0.15, 0.2) is 24.3 Å². The number of aromatic amines is 1. The van der Waals surface area contributed by atoms with Gasteiger partial charge >= 0.3 is 0 Å². The van der Waals surface area contributed by atoms with Crippen LogP contribution < -0.4 is 10.1 Å². The number of hydrogen-bond acceptors (Lipinski definition) is 4. The van der Waals surface area contributed by atoms with E-state index in [0.717, 1.165) is 42.2 Å². The van der Waals surface area contributed by atoms with E-state index in [2.05, 4.69) is 20.4 Å². The maximum atomic E-state index is 12.5. The number of aromatic nitrogens is 2. The Labute approximate surface area is 141 Å². The molecule has 0 aliphatic carbocycles. The fourth-order valence-electron chi connectivity index (χ4n) is 3.45. The molecular weight excluding hydrogens is 304 g/mol. The largest absolute Gasteiger partial charge is 0.488 e. The van der Waals surface area contributed by atoms with Gasteiger partial charge in [0.05, 0.1) is 0 Å². The van der Waals surface area contributed by atoms with Crippen LogP contribution in [0, 0.1) is 0 Å². The van der Waals surface area contributed by atoms with Crippen LogP contribution in [0.25, 0.3) is 11.3 Å². The van der Waals surface area contributed by atoms with Crippen molar-refractivity contribution in [1.29, 1.82) is 0 Å². The molecule has 1 saturated heterocycles. The van der Waals surface area contributed by atoms with Crippen LogP contribution in [0.3, 0.4) is 0 Å². The molecule has 0 atom stereocenters. The SMILES string of the molecule is O=C(NCCN1CCCCC1)c1[nH]nc2c1COc1ccccc1-2. The van der Waals surface area contributed by atoms with Gasteiger partial charge in [-0.2, -0.15) is 5.10 Å². The lowest BCUT2D eigenvalue weighted by molar-refractivity contribution is 0.0939. The molecule has 2 aromatic rings. The van der Waals surface area contributed by atoms with Gasteiger partial charge in [-0.25, -0.2) is 0 Å². The van der Waals surface area contributed by atoms with Crippen molar-refractivity contribution in [3.8, 4) is 17.0 Å². The first kappa shape index (κ1) is 15.2. The first-order valence-corrected chi connectivity index (χ1v) is 8.63. The van der Waals surface area contributed by atoms with Crippen molar-refractivity contribution in [3.05, 3.63) is 35.5 Å². The summed E-state index contributed by atoms with van der Waals surface area (Å²) in [6.07, 6.45) is 3.85. The summed E-state index contributed by atoms with van der Waals surface area (Å²) in [6.45, 7) is 4.21. The maximum Gasteiger partial charge on any atom is 0.269 e. The van der Waals surface area contributed by atoms with Crippen LogP contribution in [-0.2, 0) is 6.61 Å². The van der Waals surface area contributed by atoms with Gasteiger partial charge in [0.25, 0.3) is 5.91 Å². The lowest BCUT2D eigenvalue weighted by atomic mass is 10.0. The van der Waals surface area contributed by atoms with Crippen LogP contribution in [0.4, 0.5) is 0 Å². The zero-order valence-corrected chi connectivity index (χ0v) is 13.7. The van der Waals surface area contributed by atoms with E-state index in [4.69, 9.17) is 4.74 Å². The number of benzene rings is 1. The predicted octanol–water partition coefficient (Wildman–Crippen LogP) is 2.18. The molecule has 2 aliphatic rings. The Bertz CT molecular complexity index is 734. The molecule has 3 heterocycles. The van der Waals surface area contributed by atoms with Crippen molar-refractivity contribution in [3.63, 3.8) is 0 Å². The van der Waals surface area contributed by atoms with E-state index in [1.54, 1.807) is 0 Å². The van der Waals surface area contributed by atoms with Crippen LogP contribution in [0.2, 0.25) is 0 Å². The lowest BCUT2D eigenvalue weighted by Gasteiger charge is -2.26. The minimum atomic E-state index is -0.108. The molecule has 1 amide bonds.